The van der Waals surface area contributed by atoms with Gasteiger partial charge in [-0.3, -0.25) is 4.57 Å². The van der Waals surface area contributed by atoms with Gasteiger partial charge >= 0.3 is 0 Å². The number of hydrogen-bond acceptors (Lipinski definition) is 8. The molecule has 27 heavy (non-hydrogen) atoms. The first-order valence-electron chi connectivity index (χ1n) is 9.19. The van der Waals surface area contributed by atoms with Gasteiger partial charge in [-0.05, 0) is 20.9 Å². The Labute approximate surface area is 159 Å². The van der Waals surface area contributed by atoms with Gasteiger partial charge in [-0.25, -0.2) is 15.0 Å². The van der Waals surface area contributed by atoms with Gasteiger partial charge in [-0.1, -0.05) is 19.1 Å². The van der Waals surface area contributed by atoms with Crippen LogP contribution in [0.15, 0.2) is 12.2 Å². The van der Waals surface area contributed by atoms with E-state index in [0.29, 0.717) is 35.9 Å². The van der Waals surface area contributed by atoms with Crippen LogP contribution in [0.2, 0.25) is 0 Å². The number of hydrogen-bond donors (Lipinski definition) is 3. The van der Waals surface area contributed by atoms with Gasteiger partial charge in [0.05, 0.1) is 12.2 Å². The highest BCUT2D eigenvalue weighted by molar-refractivity contribution is 5.82. The highest BCUT2D eigenvalue weighted by Crippen LogP contribution is 2.37. The van der Waals surface area contributed by atoms with Crippen molar-refractivity contribution in [1.82, 2.24) is 24.4 Å². The normalized spacial score (nSPS) is 26.0. The van der Waals surface area contributed by atoms with Crippen LogP contribution < -0.4 is 11.5 Å². The summed E-state index contributed by atoms with van der Waals surface area (Å²) in [6, 6.07) is 0. The fourth-order valence-electron chi connectivity index (χ4n) is 3.59. The van der Waals surface area contributed by atoms with Crippen molar-refractivity contribution in [3.05, 3.63) is 23.8 Å². The second kappa shape index (κ2) is 7.89. The van der Waals surface area contributed by atoms with Crippen LogP contribution >= 0.6 is 0 Å². The molecule has 0 spiro atoms. The number of aliphatic hydroxyl groups excluding tert-OH is 1. The van der Waals surface area contributed by atoms with E-state index < -0.39 is 6.10 Å². The molecule has 1 aliphatic rings. The van der Waals surface area contributed by atoms with Crippen LogP contribution in [0.25, 0.3) is 11.2 Å². The van der Waals surface area contributed by atoms with E-state index >= 15 is 0 Å². The topological polar surface area (TPSA) is 128 Å². The van der Waals surface area contributed by atoms with Crippen LogP contribution in [-0.2, 0) is 4.74 Å². The molecular weight excluding hydrogens is 346 g/mol. The summed E-state index contributed by atoms with van der Waals surface area (Å²) in [5.74, 6) is 1.56. The van der Waals surface area contributed by atoms with E-state index in [4.69, 9.17) is 16.2 Å². The summed E-state index contributed by atoms with van der Waals surface area (Å²) in [5.41, 5.74) is 12.7. The third-order valence-corrected chi connectivity index (χ3v) is 5.00. The summed E-state index contributed by atoms with van der Waals surface area (Å²) < 4.78 is 8.18. The first kappa shape index (κ1) is 19.7. The summed E-state index contributed by atoms with van der Waals surface area (Å²) in [6.45, 7) is 7.54. The summed E-state index contributed by atoms with van der Waals surface area (Å²) in [4.78, 5) is 15.3. The van der Waals surface area contributed by atoms with E-state index in [9.17, 15) is 5.11 Å². The van der Waals surface area contributed by atoms with Crippen molar-refractivity contribution in [2.45, 2.75) is 39.2 Å². The maximum atomic E-state index is 10.7. The first-order chi connectivity index (χ1) is 12.8. The lowest BCUT2D eigenvalue weighted by atomic mass is 10.0. The zero-order valence-corrected chi connectivity index (χ0v) is 16.3. The van der Waals surface area contributed by atoms with Gasteiger partial charge in [0.2, 0.25) is 0 Å². The molecule has 148 valence electrons. The molecule has 4 atom stereocenters. The van der Waals surface area contributed by atoms with Crippen molar-refractivity contribution in [3.8, 4) is 0 Å². The SMILES string of the molecule is Cc1nc(N)c2nc(C)n(C3O[C@H](CN(C)C/C=C\CN)[C@@H](O)C3C)c2n1. The zero-order valence-electron chi connectivity index (χ0n) is 16.3. The minimum absolute atomic E-state index is 0.115. The number of ether oxygens (including phenoxy) is 1. The molecule has 1 saturated heterocycles. The van der Waals surface area contributed by atoms with E-state index in [1.165, 1.54) is 0 Å². The first-order valence-corrected chi connectivity index (χ1v) is 9.19. The summed E-state index contributed by atoms with van der Waals surface area (Å²) >= 11 is 0. The number of aryl methyl sites for hydroxylation is 2. The van der Waals surface area contributed by atoms with Gasteiger partial charge in [-0.15, -0.1) is 0 Å². The second-order valence-electron chi connectivity index (χ2n) is 7.20. The van der Waals surface area contributed by atoms with Crippen molar-refractivity contribution in [1.29, 1.82) is 0 Å². The van der Waals surface area contributed by atoms with E-state index in [-0.39, 0.29) is 18.2 Å². The van der Waals surface area contributed by atoms with Gasteiger partial charge in [0, 0.05) is 25.6 Å². The molecule has 0 radical (unpaired) electrons. The second-order valence-corrected chi connectivity index (χ2v) is 7.20. The minimum Gasteiger partial charge on any atom is -0.390 e. The molecule has 2 aromatic heterocycles. The Balaban J connectivity index is 1.85. The van der Waals surface area contributed by atoms with Gasteiger partial charge in [0.25, 0.3) is 0 Å². The van der Waals surface area contributed by atoms with E-state index in [2.05, 4.69) is 19.9 Å². The van der Waals surface area contributed by atoms with Crippen LogP contribution in [0.3, 0.4) is 0 Å². The Hall–Kier alpha value is -2.07. The predicted molar refractivity (Wildman–Crippen MR) is 104 cm³/mol. The van der Waals surface area contributed by atoms with E-state index in [1.807, 2.05) is 37.6 Å². The number of imidazole rings is 1. The maximum Gasteiger partial charge on any atom is 0.168 e. The van der Waals surface area contributed by atoms with Crippen LogP contribution in [-0.4, -0.2) is 68.4 Å². The number of nitrogens with two attached hydrogens (primary N) is 2. The average molecular weight is 375 g/mol. The average Bonchev–Trinajstić information content (AvgIpc) is 3.06. The number of aromatic nitrogens is 4. The number of aliphatic hydroxyl groups is 1. The maximum absolute atomic E-state index is 10.7. The van der Waals surface area contributed by atoms with Crippen molar-refractivity contribution in [2.75, 3.05) is 32.4 Å². The smallest absolute Gasteiger partial charge is 0.168 e. The minimum atomic E-state index is -0.590. The molecule has 2 aromatic rings. The summed E-state index contributed by atoms with van der Waals surface area (Å²) in [6.07, 6.45) is 2.67. The number of nitrogen functional groups attached to an aromatic ring is 1. The van der Waals surface area contributed by atoms with Crippen molar-refractivity contribution in [2.24, 2.45) is 11.7 Å². The number of fused-ring (bicyclic) bond motifs is 1. The lowest BCUT2D eigenvalue weighted by Gasteiger charge is -2.22. The zero-order chi connectivity index (χ0) is 19.7. The molecule has 0 saturated carbocycles. The Morgan fingerprint density at radius 1 is 1.26 bits per heavy atom. The number of likely N-dealkylation sites (N-methyl/N-ethyl adjacent to an activating group) is 1. The molecule has 5 N–H and O–H groups in total. The molecule has 0 amide bonds. The standard InChI is InChI=1S/C18H29N7O2/c1-10-15(26)13(9-24(4)8-6-5-7-19)27-18(10)25-12(3)23-14-16(20)21-11(2)22-17(14)25/h5-6,10,13,15,18,26H,7-9,19H2,1-4H3,(H2,20,21,22)/b6-5-/t10?,13-,15+,18?/m1/s1. The van der Waals surface area contributed by atoms with Gasteiger partial charge in [0.15, 0.2) is 17.0 Å². The molecule has 2 unspecified atom stereocenters. The molecule has 1 fully saturated rings. The monoisotopic (exact) mass is 375 g/mol. The largest absolute Gasteiger partial charge is 0.390 e. The van der Waals surface area contributed by atoms with Crippen molar-refractivity contribution >= 4 is 17.0 Å². The highest BCUT2D eigenvalue weighted by atomic mass is 16.5. The Bertz CT molecular complexity index is 835. The van der Waals surface area contributed by atoms with Crippen LogP contribution in [0.5, 0.6) is 0 Å². The summed E-state index contributed by atoms with van der Waals surface area (Å²) in [7, 11) is 1.99. The molecular formula is C18H29N7O2. The van der Waals surface area contributed by atoms with Crippen LogP contribution in [0, 0.1) is 19.8 Å². The van der Waals surface area contributed by atoms with E-state index in [1.54, 1.807) is 6.92 Å². The number of nitrogens with zero attached hydrogens (tertiary/aromatic N) is 5. The number of anilines is 1. The molecule has 0 aromatic carbocycles. The van der Waals surface area contributed by atoms with Crippen molar-refractivity contribution in [3.63, 3.8) is 0 Å². The number of rotatable bonds is 6. The third-order valence-electron chi connectivity index (χ3n) is 5.00. The quantitative estimate of drug-likeness (QED) is 0.618. The Kier molecular flexibility index (Phi) is 5.75. The molecule has 3 rings (SSSR count). The van der Waals surface area contributed by atoms with Crippen molar-refractivity contribution < 1.29 is 9.84 Å². The molecule has 3 heterocycles. The van der Waals surface area contributed by atoms with Gasteiger partial charge in [0.1, 0.15) is 17.9 Å². The predicted octanol–water partition coefficient (Wildman–Crippen LogP) is 0.366. The Morgan fingerprint density at radius 3 is 2.70 bits per heavy atom. The van der Waals surface area contributed by atoms with Gasteiger partial charge in [-0.2, -0.15) is 0 Å². The molecule has 0 aliphatic carbocycles. The molecule has 0 bridgehead atoms. The highest BCUT2D eigenvalue weighted by Gasteiger charge is 2.43. The van der Waals surface area contributed by atoms with Crippen LogP contribution in [0.4, 0.5) is 5.82 Å². The molecule has 9 nitrogen and oxygen atoms in total. The summed E-state index contributed by atoms with van der Waals surface area (Å²) in [5, 5.41) is 10.7. The lowest BCUT2D eigenvalue weighted by Crippen LogP contribution is -2.36. The van der Waals surface area contributed by atoms with Crippen LogP contribution in [0.1, 0.15) is 24.8 Å². The third kappa shape index (κ3) is 3.81. The Morgan fingerprint density at radius 2 is 2.00 bits per heavy atom. The van der Waals surface area contributed by atoms with Gasteiger partial charge < -0.3 is 26.2 Å². The fraction of sp³-hybridized carbons (Fsp3) is 0.611. The lowest BCUT2D eigenvalue weighted by molar-refractivity contribution is -0.0318. The molecule has 9 heteroatoms. The van der Waals surface area contributed by atoms with E-state index in [0.717, 1.165) is 12.4 Å². The fourth-order valence-corrected chi connectivity index (χ4v) is 3.59. The molecule has 1 aliphatic heterocycles.